The van der Waals surface area contributed by atoms with Crippen LogP contribution in [0.15, 0.2) is 4.99 Å². The summed E-state index contributed by atoms with van der Waals surface area (Å²) >= 11 is 0. The van der Waals surface area contributed by atoms with Crippen LogP contribution < -0.4 is 0 Å². The van der Waals surface area contributed by atoms with Crippen LogP contribution in [0.1, 0.15) is 0 Å². The third kappa shape index (κ3) is 8.83. The second kappa shape index (κ2) is 9.22. The molecule has 0 unspecified atom stereocenters. The fourth-order valence-corrected chi connectivity index (χ4v) is 0.0913. The molecule has 0 aliphatic carbocycles. The van der Waals surface area contributed by atoms with Crippen LogP contribution in [-0.4, -0.2) is 19.8 Å². The van der Waals surface area contributed by atoms with Gasteiger partial charge in [-0.25, -0.2) is 0 Å². The summed E-state index contributed by atoms with van der Waals surface area (Å²) in [4.78, 5) is 3.54. The molecule has 0 atom stereocenters. The molecule has 0 aromatic rings. The minimum Gasteiger partial charge on any atom is -0.673 e. The van der Waals surface area contributed by atoms with Crippen LogP contribution in [0.3, 0.4) is 0 Å². The second-order valence-corrected chi connectivity index (χ2v) is 0.645. The molecule has 0 bridgehead atoms. The van der Waals surface area contributed by atoms with E-state index >= 15 is 0 Å². The molecule has 1 radical (unpaired) electrons. The molecule has 6 heavy (non-hydrogen) atoms. The molecule has 0 heterocycles. The number of rotatable bonds is 1. The van der Waals surface area contributed by atoms with Gasteiger partial charge in [-0.05, 0) is 6.21 Å². The zero-order chi connectivity index (χ0) is 4.12. The molecule has 0 aliphatic heterocycles. The summed E-state index contributed by atoms with van der Waals surface area (Å²) < 4.78 is 0. The average Bonchev–Trinajstić information content (AvgIpc) is 1.41. The monoisotopic (exact) mass is 160 g/mol. The first-order valence-electron chi connectivity index (χ1n) is 1.47. The van der Waals surface area contributed by atoms with Crippen LogP contribution in [0.4, 0.5) is 0 Å². The van der Waals surface area contributed by atoms with Gasteiger partial charge in [0.05, 0.1) is 0 Å². The molecular formula is C3H7N2Y-. The molecular weight excluding hydrogens is 153 g/mol. The van der Waals surface area contributed by atoms with E-state index in [1.54, 1.807) is 13.3 Å². The van der Waals surface area contributed by atoms with E-state index in [0.717, 1.165) is 0 Å². The first kappa shape index (κ1) is 9.88. The van der Waals surface area contributed by atoms with Gasteiger partial charge in [-0.15, -0.1) is 6.54 Å². The van der Waals surface area contributed by atoms with E-state index < -0.39 is 0 Å². The Labute approximate surface area is 63.1 Å². The Hall–Kier alpha value is 0.734. The van der Waals surface area contributed by atoms with Gasteiger partial charge in [0.15, 0.2) is 0 Å². The number of hydrogen-bond acceptors (Lipinski definition) is 1. The van der Waals surface area contributed by atoms with E-state index in [2.05, 4.69) is 4.99 Å². The van der Waals surface area contributed by atoms with E-state index in [9.17, 15) is 0 Å². The first-order chi connectivity index (χ1) is 2.41. The van der Waals surface area contributed by atoms with Crippen molar-refractivity contribution >= 4 is 6.21 Å². The summed E-state index contributed by atoms with van der Waals surface area (Å²) in [6.45, 7) is 0.302. The molecule has 0 saturated carbocycles. The number of nitrogens with zero attached hydrogens (tertiary/aromatic N) is 1. The Bertz CT molecular complexity index is 35.8. The molecule has 0 rings (SSSR count). The average molecular weight is 160 g/mol. The Morgan fingerprint density at radius 3 is 2.33 bits per heavy atom. The summed E-state index contributed by atoms with van der Waals surface area (Å²) in [5, 5.41) is 0. The largest absolute Gasteiger partial charge is 0.673 e. The zero-order valence-electron chi connectivity index (χ0n) is 3.81. The third-order valence-corrected chi connectivity index (χ3v) is 0.274. The van der Waals surface area contributed by atoms with Gasteiger partial charge in [0, 0.05) is 39.8 Å². The van der Waals surface area contributed by atoms with Crippen LogP contribution in [0, 0.1) is 0 Å². The van der Waals surface area contributed by atoms with Gasteiger partial charge in [-0.1, -0.05) is 0 Å². The number of aliphatic imine (C=N–C) groups is 1. The van der Waals surface area contributed by atoms with Gasteiger partial charge >= 0.3 is 0 Å². The molecule has 0 spiro atoms. The molecule has 0 saturated heterocycles. The number of hydrogen-bond donors (Lipinski definition) is 0. The van der Waals surface area contributed by atoms with E-state index in [4.69, 9.17) is 5.73 Å². The van der Waals surface area contributed by atoms with Crippen LogP contribution >= 0.6 is 0 Å². The Morgan fingerprint density at radius 1 is 1.83 bits per heavy atom. The fraction of sp³-hybridized carbons (Fsp3) is 0.667. The minimum atomic E-state index is 0. The zero-order valence-corrected chi connectivity index (χ0v) is 6.65. The molecule has 0 amide bonds. The van der Waals surface area contributed by atoms with Crippen LogP contribution in [0.25, 0.3) is 5.73 Å². The van der Waals surface area contributed by atoms with Crippen molar-refractivity contribution in [2.75, 3.05) is 13.6 Å². The van der Waals surface area contributed by atoms with Gasteiger partial charge in [0.25, 0.3) is 0 Å². The van der Waals surface area contributed by atoms with Crippen molar-refractivity contribution in [1.82, 2.24) is 0 Å². The fourth-order valence-electron chi connectivity index (χ4n) is 0.0913. The Balaban J connectivity index is 0. The van der Waals surface area contributed by atoms with E-state index in [1.165, 1.54) is 0 Å². The van der Waals surface area contributed by atoms with E-state index in [-0.39, 0.29) is 32.7 Å². The van der Waals surface area contributed by atoms with Crippen molar-refractivity contribution in [1.29, 1.82) is 0 Å². The predicted octanol–water partition coefficient (Wildman–Crippen LogP) is 0.737. The van der Waals surface area contributed by atoms with Gasteiger partial charge in [0.2, 0.25) is 0 Å². The molecule has 0 aromatic carbocycles. The first-order valence-corrected chi connectivity index (χ1v) is 1.47. The van der Waals surface area contributed by atoms with Crippen molar-refractivity contribution in [3.8, 4) is 0 Å². The molecule has 0 aliphatic rings. The Morgan fingerprint density at radius 2 is 2.33 bits per heavy atom. The maximum absolute atomic E-state index is 6.45. The maximum atomic E-state index is 6.45. The SMILES string of the molecule is CN=CC[NH-].[Y]. The summed E-state index contributed by atoms with van der Waals surface area (Å²) in [5.74, 6) is 0. The van der Waals surface area contributed by atoms with Crippen molar-refractivity contribution in [2.24, 2.45) is 4.99 Å². The predicted molar refractivity (Wildman–Crippen MR) is 23.6 cm³/mol. The summed E-state index contributed by atoms with van der Waals surface area (Å²) in [7, 11) is 1.66. The minimum absolute atomic E-state index is 0. The second-order valence-electron chi connectivity index (χ2n) is 0.645. The summed E-state index contributed by atoms with van der Waals surface area (Å²) in [5.41, 5.74) is 6.45. The van der Waals surface area contributed by atoms with Crippen molar-refractivity contribution in [3.05, 3.63) is 5.73 Å². The molecule has 0 aromatic heterocycles. The van der Waals surface area contributed by atoms with Gasteiger partial charge in [-0.2, -0.15) is 0 Å². The molecule has 33 valence electrons. The van der Waals surface area contributed by atoms with Crippen molar-refractivity contribution < 1.29 is 32.7 Å². The topological polar surface area (TPSA) is 36.2 Å². The quantitative estimate of drug-likeness (QED) is 0.507. The normalized spacial score (nSPS) is 8.33. The van der Waals surface area contributed by atoms with Crippen LogP contribution in [0.5, 0.6) is 0 Å². The van der Waals surface area contributed by atoms with Gasteiger partial charge in [-0.3, -0.25) is 0 Å². The van der Waals surface area contributed by atoms with Crippen molar-refractivity contribution in [2.45, 2.75) is 0 Å². The van der Waals surface area contributed by atoms with Crippen LogP contribution in [-0.2, 0) is 32.7 Å². The number of nitrogens with one attached hydrogen (secondary N) is 1. The summed E-state index contributed by atoms with van der Waals surface area (Å²) in [6.07, 6.45) is 1.54. The van der Waals surface area contributed by atoms with Crippen molar-refractivity contribution in [3.63, 3.8) is 0 Å². The summed E-state index contributed by atoms with van der Waals surface area (Å²) in [6, 6.07) is 0. The molecule has 3 heteroatoms. The Kier molecular flexibility index (Phi) is 15.2. The smallest absolute Gasteiger partial charge is 0.0272 e. The van der Waals surface area contributed by atoms with Gasteiger partial charge in [0.1, 0.15) is 0 Å². The standard InChI is InChI=1S/C3H7N2.Y/c1-5-3-2-4;/h3-4H,2H2,1H3;/q-1;. The maximum Gasteiger partial charge on any atom is 0.0272 e. The van der Waals surface area contributed by atoms with E-state index in [0.29, 0.717) is 6.54 Å². The molecule has 2 nitrogen and oxygen atoms in total. The van der Waals surface area contributed by atoms with E-state index in [1.807, 2.05) is 0 Å². The third-order valence-electron chi connectivity index (χ3n) is 0.274. The van der Waals surface area contributed by atoms with Crippen LogP contribution in [0.2, 0.25) is 0 Å². The molecule has 0 fully saturated rings. The molecule has 1 N–H and O–H groups in total. The van der Waals surface area contributed by atoms with Gasteiger partial charge < -0.3 is 10.7 Å².